The van der Waals surface area contributed by atoms with Gasteiger partial charge in [-0.05, 0) is 89.2 Å². The summed E-state index contributed by atoms with van der Waals surface area (Å²) >= 11 is 2.08. The normalized spacial score (nSPS) is 33.4. The first-order chi connectivity index (χ1) is 22.8. The van der Waals surface area contributed by atoms with Crippen molar-refractivity contribution in [1.82, 2.24) is 0 Å². The van der Waals surface area contributed by atoms with Crippen molar-refractivity contribution in [3.63, 3.8) is 0 Å². The molecule has 0 aromatic heterocycles. The predicted octanol–water partition coefficient (Wildman–Crippen LogP) is 10.3. The first-order valence-electron chi connectivity index (χ1n) is 17.2. The number of hydrogen-bond acceptors (Lipinski definition) is 3. The van der Waals surface area contributed by atoms with Crippen LogP contribution in [0.4, 0.5) is 17.1 Å². The zero-order chi connectivity index (χ0) is 29.9. The average molecular weight is 613 g/mol. The number of benzene rings is 4. The van der Waals surface area contributed by atoms with Crippen molar-refractivity contribution in [1.29, 1.82) is 0 Å². The first kappa shape index (κ1) is 25.9. The minimum Gasteiger partial charge on any atom is -0.358 e. The molecule has 46 heavy (non-hydrogen) atoms. The lowest BCUT2D eigenvalue weighted by Gasteiger charge is -2.35. The third-order valence-corrected chi connectivity index (χ3v) is 13.5. The second-order valence-electron chi connectivity index (χ2n) is 14.3. The maximum Gasteiger partial charge on any atom is 0.0548 e. The number of thioether (sulfide) groups is 1. The van der Waals surface area contributed by atoms with Crippen LogP contribution in [-0.2, 0) is 0 Å². The lowest BCUT2D eigenvalue weighted by Crippen LogP contribution is -2.37. The summed E-state index contributed by atoms with van der Waals surface area (Å²) in [6, 6.07) is 38.0. The summed E-state index contributed by atoms with van der Waals surface area (Å²) in [6.45, 7) is 0. The van der Waals surface area contributed by atoms with E-state index in [-0.39, 0.29) is 0 Å². The molecule has 4 aliphatic carbocycles. The fourth-order valence-electron chi connectivity index (χ4n) is 10.3. The number of anilines is 3. The van der Waals surface area contributed by atoms with E-state index in [0.29, 0.717) is 52.8 Å². The summed E-state index contributed by atoms with van der Waals surface area (Å²) in [4.78, 5) is 6.75. The van der Waals surface area contributed by atoms with Crippen LogP contribution in [0.15, 0.2) is 150 Å². The molecule has 9 atom stereocenters. The molecular formula is C43H36N2S. The number of allylic oxidation sites excluding steroid dienone is 4. The Hall–Kier alpha value is -4.21. The van der Waals surface area contributed by atoms with Gasteiger partial charge in [-0.25, -0.2) is 0 Å². The monoisotopic (exact) mass is 612 g/mol. The second-order valence-corrected chi connectivity index (χ2v) is 15.5. The molecule has 2 nitrogen and oxygen atoms in total. The van der Waals surface area contributed by atoms with Crippen LogP contribution in [0.5, 0.6) is 0 Å². The summed E-state index contributed by atoms with van der Waals surface area (Å²) in [6.07, 6.45) is 19.4. The van der Waals surface area contributed by atoms with Crippen molar-refractivity contribution < 1.29 is 0 Å². The maximum atomic E-state index is 2.67. The molecule has 3 heteroatoms. The van der Waals surface area contributed by atoms with E-state index in [2.05, 4.69) is 161 Å². The smallest absolute Gasteiger partial charge is 0.0548 e. The molecule has 2 fully saturated rings. The van der Waals surface area contributed by atoms with Gasteiger partial charge in [0.2, 0.25) is 0 Å². The Morgan fingerprint density at radius 2 is 1.37 bits per heavy atom. The number of rotatable bonds is 3. The van der Waals surface area contributed by atoms with Gasteiger partial charge >= 0.3 is 0 Å². The number of fused-ring (bicyclic) bond motifs is 10. The van der Waals surface area contributed by atoms with Crippen LogP contribution in [0.25, 0.3) is 11.1 Å². The van der Waals surface area contributed by atoms with Crippen molar-refractivity contribution in [2.24, 2.45) is 23.7 Å². The van der Waals surface area contributed by atoms with Crippen LogP contribution in [0.3, 0.4) is 0 Å². The molecule has 0 radical (unpaired) electrons. The lowest BCUT2D eigenvalue weighted by atomic mass is 9.80. The Kier molecular flexibility index (Phi) is 5.44. The topological polar surface area (TPSA) is 6.48 Å². The minimum absolute atomic E-state index is 0.451. The molecule has 9 unspecified atom stereocenters. The van der Waals surface area contributed by atoms with E-state index in [1.807, 2.05) is 0 Å². The van der Waals surface area contributed by atoms with E-state index in [9.17, 15) is 0 Å². The second kappa shape index (κ2) is 9.65. The van der Waals surface area contributed by atoms with Crippen LogP contribution in [0, 0.1) is 23.7 Å². The molecule has 1 saturated heterocycles. The van der Waals surface area contributed by atoms with E-state index in [1.54, 1.807) is 5.56 Å². The molecular weight excluding hydrogens is 577 g/mol. The van der Waals surface area contributed by atoms with Crippen molar-refractivity contribution in [3.8, 4) is 11.1 Å². The summed E-state index contributed by atoms with van der Waals surface area (Å²) in [5.41, 5.74) is 11.2. The third kappa shape index (κ3) is 3.55. The molecule has 11 rings (SSSR count). The summed E-state index contributed by atoms with van der Waals surface area (Å²) in [7, 11) is 0. The number of para-hydroxylation sites is 1. The minimum atomic E-state index is 0.451. The van der Waals surface area contributed by atoms with Gasteiger partial charge in [0.1, 0.15) is 0 Å². The van der Waals surface area contributed by atoms with Crippen LogP contribution >= 0.6 is 11.8 Å². The molecule has 4 aromatic rings. The zero-order valence-electron chi connectivity index (χ0n) is 25.7. The molecule has 3 heterocycles. The standard InChI is InChI=1S/C43H36N2S/c1-5-13-34-30(9-1)31-10-2-6-14-35(31)44(34)28-21-17-26(18-22-28)27-19-23-29(24-20-27)45-36-15-7-3-11-32(36)41-42-37(45)25-39-40(43(41)42)33-12-4-8-16-38(33)46-39/h1,3-9,11-25,30-31,34-35,39-43H,2,10H2. The molecule has 0 bridgehead atoms. The predicted molar refractivity (Wildman–Crippen MR) is 191 cm³/mol. The largest absolute Gasteiger partial charge is 0.358 e. The molecule has 1 saturated carbocycles. The van der Waals surface area contributed by atoms with Gasteiger partial charge in [0.25, 0.3) is 0 Å². The molecule has 0 N–H and O–H groups in total. The fourth-order valence-corrected chi connectivity index (χ4v) is 11.8. The molecule has 4 aromatic carbocycles. The van der Waals surface area contributed by atoms with Gasteiger partial charge in [-0.15, -0.1) is 11.8 Å². The van der Waals surface area contributed by atoms with Crippen LogP contribution in [0.2, 0.25) is 0 Å². The highest BCUT2D eigenvalue weighted by Gasteiger charge is 2.65. The zero-order valence-corrected chi connectivity index (χ0v) is 26.5. The van der Waals surface area contributed by atoms with Crippen molar-refractivity contribution >= 4 is 28.8 Å². The molecule has 3 aliphatic heterocycles. The van der Waals surface area contributed by atoms with E-state index in [1.165, 1.54) is 57.2 Å². The molecule has 0 spiro atoms. The van der Waals surface area contributed by atoms with E-state index < -0.39 is 0 Å². The number of hydrogen-bond donors (Lipinski definition) is 0. The summed E-state index contributed by atoms with van der Waals surface area (Å²) < 4.78 is 0. The van der Waals surface area contributed by atoms with Gasteiger partial charge in [-0.2, -0.15) is 0 Å². The quantitative estimate of drug-likeness (QED) is 0.213. The highest BCUT2D eigenvalue weighted by molar-refractivity contribution is 8.00. The van der Waals surface area contributed by atoms with E-state index in [0.717, 1.165) is 0 Å². The Bertz CT molecular complexity index is 2000. The van der Waals surface area contributed by atoms with E-state index in [4.69, 9.17) is 0 Å². The Labute approximate surface area is 275 Å². The van der Waals surface area contributed by atoms with Gasteiger partial charge in [0.15, 0.2) is 0 Å². The number of nitrogens with zero attached hydrogens (tertiary/aromatic N) is 2. The van der Waals surface area contributed by atoms with E-state index >= 15 is 0 Å². The van der Waals surface area contributed by atoms with Crippen LogP contribution < -0.4 is 9.80 Å². The maximum absolute atomic E-state index is 2.67. The average Bonchev–Trinajstić information content (AvgIpc) is 3.61. The molecule has 0 amide bonds. The summed E-state index contributed by atoms with van der Waals surface area (Å²) in [5, 5.41) is 0.527. The van der Waals surface area contributed by atoms with Gasteiger partial charge in [0.05, 0.1) is 12.1 Å². The fraction of sp³-hybridized carbons (Fsp3) is 0.256. The Balaban J connectivity index is 0.916. The van der Waals surface area contributed by atoms with Gasteiger partial charge in [-0.1, -0.05) is 103 Å². The Morgan fingerprint density at radius 3 is 2.22 bits per heavy atom. The first-order valence-corrected chi connectivity index (χ1v) is 18.1. The third-order valence-electron chi connectivity index (χ3n) is 12.2. The van der Waals surface area contributed by atoms with Gasteiger partial charge < -0.3 is 9.80 Å². The highest BCUT2D eigenvalue weighted by Crippen LogP contribution is 2.74. The lowest BCUT2D eigenvalue weighted by molar-refractivity contribution is 0.400. The molecule has 7 aliphatic rings. The van der Waals surface area contributed by atoms with Crippen molar-refractivity contribution in [3.05, 3.63) is 156 Å². The van der Waals surface area contributed by atoms with Crippen LogP contribution in [0.1, 0.15) is 35.8 Å². The van der Waals surface area contributed by atoms with Gasteiger partial charge in [0, 0.05) is 50.7 Å². The van der Waals surface area contributed by atoms with Crippen molar-refractivity contribution in [2.45, 2.75) is 46.9 Å². The molecule has 224 valence electrons. The highest BCUT2D eigenvalue weighted by atomic mass is 32.2. The Morgan fingerprint density at radius 1 is 0.630 bits per heavy atom. The SMILES string of the molecule is C1=CC2C3CCC=CC3N(c3ccc(-c4ccc(N5C6=CC7Sc8ccccc8C7C7C6C7c6ccccc65)cc4)cc3)C2C=C1. The summed E-state index contributed by atoms with van der Waals surface area (Å²) in [5.74, 6) is 3.92. The van der Waals surface area contributed by atoms with Crippen molar-refractivity contribution in [2.75, 3.05) is 9.80 Å². The van der Waals surface area contributed by atoms with Crippen LogP contribution in [-0.4, -0.2) is 17.3 Å². The van der Waals surface area contributed by atoms with Gasteiger partial charge in [-0.3, -0.25) is 0 Å².